The van der Waals surface area contributed by atoms with E-state index in [-0.39, 0.29) is 39.4 Å². The van der Waals surface area contributed by atoms with Gasteiger partial charge in [-0.2, -0.15) is 0 Å². The number of ether oxygens (including phenoxy) is 1. The average molecular weight is 420 g/mol. The van der Waals surface area contributed by atoms with Crippen molar-refractivity contribution in [2.24, 2.45) is 16.9 Å². The van der Waals surface area contributed by atoms with Gasteiger partial charge in [0.2, 0.25) is 11.8 Å². The average Bonchev–Trinajstić information content (AvgIpc) is 2.66. The van der Waals surface area contributed by atoms with Crippen molar-refractivity contribution in [2.75, 3.05) is 5.32 Å². The number of nitrogens with zero attached hydrogens (tertiary/aromatic N) is 1. The molecule has 2 N–H and O–H groups in total. The van der Waals surface area contributed by atoms with Crippen molar-refractivity contribution >= 4 is 46.6 Å². The maximum absolute atomic E-state index is 12.3. The largest absolute Gasteiger partial charge is 0.438 e. The molecule has 2 aromatic carbocycles. The van der Waals surface area contributed by atoms with Gasteiger partial charge < -0.3 is 10.1 Å². The number of hydrazone groups is 1. The van der Waals surface area contributed by atoms with E-state index in [4.69, 9.17) is 27.9 Å². The fraction of sp³-hybridized carbons (Fsp3) is 0.250. The van der Waals surface area contributed by atoms with Crippen LogP contribution in [0.25, 0.3) is 0 Å². The van der Waals surface area contributed by atoms with Crippen LogP contribution in [0, 0.1) is 11.8 Å². The Morgan fingerprint density at radius 2 is 1.86 bits per heavy atom. The Labute approximate surface area is 172 Å². The predicted octanol–water partition coefficient (Wildman–Crippen LogP) is 4.73. The summed E-state index contributed by atoms with van der Waals surface area (Å²) < 4.78 is 5.75. The second-order valence-corrected chi connectivity index (χ2v) is 7.54. The number of benzene rings is 2. The van der Waals surface area contributed by atoms with Gasteiger partial charge in [-0.25, -0.2) is 5.43 Å². The van der Waals surface area contributed by atoms with Gasteiger partial charge in [-0.05, 0) is 30.2 Å². The van der Waals surface area contributed by atoms with Crippen molar-refractivity contribution in [1.82, 2.24) is 5.43 Å². The van der Waals surface area contributed by atoms with Gasteiger partial charge in [0, 0.05) is 17.7 Å². The Morgan fingerprint density at radius 3 is 2.46 bits per heavy atom. The smallest absolute Gasteiger partial charge is 0.255 e. The Kier molecular flexibility index (Phi) is 6.21. The number of carbonyl (C=O) groups excluding carboxylic acids is 2. The van der Waals surface area contributed by atoms with Gasteiger partial charge in [-0.3, -0.25) is 9.59 Å². The zero-order valence-electron chi connectivity index (χ0n) is 15.3. The number of anilines is 1. The van der Waals surface area contributed by atoms with E-state index in [1.54, 1.807) is 36.4 Å². The highest BCUT2D eigenvalue weighted by Crippen LogP contribution is 2.37. The molecule has 0 aromatic heterocycles. The van der Waals surface area contributed by atoms with Gasteiger partial charge in [-0.15, -0.1) is 5.10 Å². The van der Waals surface area contributed by atoms with Crippen molar-refractivity contribution in [2.45, 2.75) is 20.3 Å². The van der Waals surface area contributed by atoms with E-state index in [0.29, 0.717) is 23.6 Å². The maximum atomic E-state index is 12.3. The molecule has 146 valence electrons. The molecule has 3 rings (SSSR count). The molecule has 1 heterocycles. The molecule has 2 amide bonds. The zero-order chi connectivity index (χ0) is 20.3. The molecule has 0 bridgehead atoms. The second-order valence-electron chi connectivity index (χ2n) is 6.73. The summed E-state index contributed by atoms with van der Waals surface area (Å²) in [4.78, 5) is 24.1. The normalized spacial score (nSPS) is 16.4. The van der Waals surface area contributed by atoms with Gasteiger partial charge in [0.05, 0.1) is 16.0 Å². The van der Waals surface area contributed by atoms with Crippen molar-refractivity contribution < 1.29 is 14.3 Å². The molecule has 2 aromatic rings. The molecule has 0 saturated carbocycles. The van der Waals surface area contributed by atoms with E-state index < -0.39 is 0 Å². The molecule has 8 heteroatoms. The van der Waals surface area contributed by atoms with Crippen LogP contribution < -0.4 is 15.5 Å². The van der Waals surface area contributed by atoms with Crippen LogP contribution in [0.3, 0.4) is 0 Å². The number of rotatable bonds is 4. The Bertz CT molecular complexity index is 907. The van der Waals surface area contributed by atoms with Crippen molar-refractivity contribution in [1.29, 1.82) is 0 Å². The summed E-state index contributed by atoms with van der Waals surface area (Å²) in [5.74, 6) is 0.0192. The summed E-state index contributed by atoms with van der Waals surface area (Å²) in [6, 6.07) is 11.9. The molecule has 0 spiro atoms. The van der Waals surface area contributed by atoms with Crippen LogP contribution in [0.2, 0.25) is 10.0 Å². The SMILES string of the molecule is CC(C)C1CC(Oc2c(Cl)cc(NC(=O)c3ccccc3)cc2Cl)=NNC1=O. The van der Waals surface area contributed by atoms with Gasteiger partial charge in [0.15, 0.2) is 5.75 Å². The lowest BCUT2D eigenvalue weighted by molar-refractivity contribution is -0.126. The van der Waals surface area contributed by atoms with Crippen LogP contribution in [0.4, 0.5) is 5.69 Å². The molecule has 1 aliphatic heterocycles. The fourth-order valence-corrected chi connectivity index (χ4v) is 3.33. The van der Waals surface area contributed by atoms with Crippen LogP contribution in [-0.4, -0.2) is 17.7 Å². The number of nitrogens with one attached hydrogen (secondary N) is 2. The van der Waals surface area contributed by atoms with Gasteiger partial charge >= 0.3 is 0 Å². The van der Waals surface area contributed by atoms with E-state index in [0.717, 1.165) is 0 Å². The van der Waals surface area contributed by atoms with E-state index in [1.807, 2.05) is 19.9 Å². The molecule has 6 nitrogen and oxygen atoms in total. The third-order valence-corrected chi connectivity index (χ3v) is 4.90. The highest BCUT2D eigenvalue weighted by Gasteiger charge is 2.29. The first-order valence-electron chi connectivity index (χ1n) is 8.75. The minimum atomic E-state index is -0.277. The van der Waals surface area contributed by atoms with E-state index in [9.17, 15) is 9.59 Å². The fourth-order valence-electron chi connectivity index (χ4n) is 2.77. The number of amides is 2. The second kappa shape index (κ2) is 8.63. The molecular weight excluding hydrogens is 401 g/mol. The minimum Gasteiger partial charge on any atom is -0.438 e. The zero-order valence-corrected chi connectivity index (χ0v) is 16.8. The molecule has 0 aliphatic carbocycles. The van der Waals surface area contributed by atoms with E-state index in [2.05, 4.69) is 15.8 Å². The minimum absolute atomic E-state index is 0.135. The summed E-state index contributed by atoms with van der Waals surface area (Å²) in [6.45, 7) is 3.91. The lowest BCUT2D eigenvalue weighted by Crippen LogP contribution is -2.38. The van der Waals surface area contributed by atoms with Gasteiger partial charge in [-0.1, -0.05) is 55.2 Å². The quantitative estimate of drug-likeness (QED) is 0.751. The van der Waals surface area contributed by atoms with Crippen LogP contribution >= 0.6 is 23.2 Å². The third kappa shape index (κ3) is 4.64. The first-order valence-corrected chi connectivity index (χ1v) is 9.50. The topological polar surface area (TPSA) is 79.8 Å². The highest BCUT2D eigenvalue weighted by atomic mass is 35.5. The van der Waals surface area contributed by atoms with Crippen molar-refractivity contribution in [3.63, 3.8) is 0 Å². The number of carbonyl (C=O) groups is 2. The van der Waals surface area contributed by atoms with Crippen LogP contribution in [-0.2, 0) is 4.79 Å². The first kappa shape index (κ1) is 20.2. The maximum Gasteiger partial charge on any atom is 0.255 e. The predicted molar refractivity (Wildman–Crippen MR) is 110 cm³/mol. The highest BCUT2D eigenvalue weighted by molar-refractivity contribution is 6.38. The van der Waals surface area contributed by atoms with Crippen molar-refractivity contribution in [3.05, 3.63) is 58.1 Å². The molecule has 1 unspecified atom stereocenters. The van der Waals surface area contributed by atoms with Gasteiger partial charge in [0.25, 0.3) is 5.91 Å². The first-order chi connectivity index (χ1) is 13.3. The number of hydrogen-bond donors (Lipinski definition) is 2. The Balaban J connectivity index is 1.75. The summed E-state index contributed by atoms with van der Waals surface area (Å²) >= 11 is 12.6. The van der Waals surface area contributed by atoms with Crippen LogP contribution in [0.1, 0.15) is 30.6 Å². The van der Waals surface area contributed by atoms with E-state index in [1.165, 1.54) is 0 Å². The van der Waals surface area contributed by atoms with Crippen LogP contribution in [0.15, 0.2) is 47.6 Å². The third-order valence-electron chi connectivity index (χ3n) is 4.34. The summed E-state index contributed by atoms with van der Waals surface area (Å²) in [5, 5.41) is 7.12. The molecule has 28 heavy (non-hydrogen) atoms. The van der Waals surface area contributed by atoms with Crippen molar-refractivity contribution in [3.8, 4) is 5.75 Å². The Morgan fingerprint density at radius 1 is 1.21 bits per heavy atom. The van der Waals surface area contributed by atoms with Gasteiger partial charge in [0.1, 0.15) is 0 Å². The standard InChI is InChI=1S/C20H19Cl2N3O3/c1-11(2)14-10-17(24-25-20(14)27)28-18-15(21)8-13(9-16(18)22)23-19(26)12-6-4-3-5-7-12/h3-9,11,14H,10H2,1-2H3,(H,23,26)(H,25,27). The number of hydrogen-bond acceptors (Lipinski definition) is 4. The van der Waals surface area contributed by atoms with Crippen LogP contribution in [0.5, 0.6) is 5.75 Å². The molecule has 0 fully saturated rings. The van der Waals surface area contributed by atoms with E-state index >= 15 is 0 Å². The summed E-state index contributed by atoms with van der Waals surface area (Å²) in [7, 11) is 0. The lowest BCUT2D eigenvalue weighted by atomic mass is 9.91. The molecular formula is C20H19Cl2N3O3. The Hall–Kier alpha value is -2.57. The molecule has 1 atom stereocenters. The summed E-state index contributed by atoms with van der Waals surface area (Å²) in [6.07, 6.45) is 0.350. The summed E-state index contributed by atoms with van der Waals surface area (Å²) in [5.41, 5.74) is 3.41. The molecule has 0 saturated heterocycles. The number of halogens is 2. The molecule has 0 radical (unpaired) electrons. The monoisotopic (exact) mass is 419 g/mol. The lowest BCUT2D eigenvalue weighted by Gasteiger charge is -2.24. The molecule has 1 aliphatic rings.